The molecule has 0 amide bonds. The van der Waals surface area contributed by atoms with Crippen LogP contribution in [0.4, 0.5) is 0 Å². The number of hydrogen-bond acceptors (Lipinski definition) is 6. The summed E-state index contributed by atoms with van der Waals surface area (Å²) < 4.78 is 8.72. The molecule has 1 unspecified atom stereocenters. The van der Waals surface area contributed by atoms with Crippen LogP contribution in [0.15, 0.2) is 0 Å². The van der Waals surface area contributed by atoms with Gasteiger partial charge in [0.1, 0.15) is 12.7 Å². The second-order valence-corrected chi connectivity index (χ2v) is 2.39. The number of rotatable bonds is 4. The molecule has 0 saturated heterocycles. The lowest BCUT2D eigenvalue weighted by atomic mass is 10.4. The van der Waals surface area contributed by atoms with Crippen LogP contribution in [-0.2, 0) is 19.1 Å². The zero-order valence-corrected chi connectivity index (χ0v) is 9.23. The zero-order valence-electron chi connectivity index (χ0n) is 9.23. The van der Waals surface area contributed by atoms with Gasteiger partial charge in [-0.2, -0.15) is 0 Å². The fourth-order valence-corrected chi connectivity index (χ4v) is 0.469. The fraction of sp³-hybridized carbons (Fsp3) is 0.778. The maximum Gasteiger partial charge on any atom is 0.334 e. The molecule has 0 radical (unpaired) electrons. The minimum Gasteiger partial charge on any atom is -0.464 e. The summed E-state index contributed by atoms with van der Waals surface area (Å²) in [6.45, 7) is 4.89. The van der Waals surface area contributed by atoms with E-state index in [9.17, 15) is 9.59 Å². The second kappa shape index (κ2) is 10.9. The summed E-state index contributed by atoms with van der Waals surface area (Å²) in [4.78, 5) is 20.2. The molecule has 0 bridgehead atoms. The molecule has 0 aliphatic heterocycles. The highest BCUT2D eigenvalue weighted by Crippen LogP contribution is 1.84. The van der Waals surface area contributed by atoms with Crippen LogP contribution in [0, 0.1) is 0 Å². The lowest BCUT2D eigenvalue weighted by molar-refractivity contribution is -0.152. The fourth-order valence-electron chi connectivity index (χ4n) is 0.469. The molecule has 0 aliphatic rings. The van der Waals surface area contributed by atoms with Gasteiger partial charge in [-0.1, -0.05) is 0 Å². The molecule has 2 N–H and O–H groups in total. The van der Waals surface area contributed by atoms with Crippen LogP contribution in [0.2, 0.25) is 0 Å². The normalized spacial score (nSPS) is 10.7. The Morgan fingerprint density at radius 3 is 1.80 bits per heavy atom. The van der Waals surface area contributed by atoms with Crippen LogP contribution < -0.4 is 0 Å². The summed E-state index contributed by atoms with van der Waals surface area (Å²) in [5, 5.41) is 16.5. The predicted molar refractivity (Wildman–Crippen MR) is 52.0 cm³/mol. The van der Waals surface area contributed by atoms with Crippen molar-refractivity contribution in [1.82, 2.24) is 0 Å². The van der Waals surface area contributed by atoms with Crippen molar-refractivity contribution < 1.29 is 29.3 Å². The lowest BCUT2D eigenvalue weighted by Gasteiger charge is -2.01. The average molecular weight is 222 g/mol. The predicted octanol–water partition coefficient (Wildman–Crippen LogP) is -0.528. The summed E-state index contributed by atoms with van der Waals surface area (Å²) in [7, 11) is 0. The molecule has 0 aromatic rings. The molecule has 0 aliphatic carbocycles. The highest BCUT2D eigenvalue weighted by atomic mass is 16.5. The lowest BCUT2D eigenvalue weighted by Crippen LogP contribution is -2.18. The Hall–Kier alpha value is -1.14. The molecule has 0 aromatic carbocycles. The van der Waals surface area contributed by atoms with E-state index in [-0.39, 0.29) is 0 Å². The first-order valence-electron chi connectivity index (χ1n) is 4.60. The van der Waals surface area contributed by atoms with E-state index in [0.717, 1.165) is 0 Å². The first-order chi connectivity index (χ1) is 6.99. The molecule has 90 valence electrons. The number of esters is 2. The van der Waals surface area contributed by atoms with Gasteiger partial charge in [0, 0.05) is 0 Å². The van der Waals surface area contributed by atoms with Gasteiger partial charge in [-0.05, 0) is 20.8 Å². The van der Waals surface area contributed by atoms with E-state index in [2.05, 4.69) is 9.47 Å². The standard InChI is InChI=1S/C5H10O3.C4H8O3/c1-3-8-5(7)4(2)6;1-2-7-4(6)3-5/h4,6H,3H2,1-2H3;5H,2-3H2,1H3. The minimum absolute atomic E-state index is 0.323. The first-order valence-corrected chi connectivity index (χ1v) is 4.60. The van der Waals surface area contributed by atoms with E-state index >= 15 is 0 Å². The largest absolute Gasteiger partial charge is 0.464 e. The van der Waals surface area contributed by atoms with Gasteiger partial charge in [0.2, 0.25) is 0 Å². The average Bonchev–Trinajstić information content (AvgIpc) is 2.19. The molecule has 0 aromatic heterocycles. The van der Waals surface area contributed by atoms with Crippen molar-refractivity contribution in [3.63, 3.8) is 0 Å². The Labute approximate surface area is 88.8 Å². The number of aliphatic hydroxyl groups is 2. The van der Waals surface area contributed by atoms with Gasteiger partial charge in [0.15, 0.2) is 0 Å². The van der Waals surface area contributed by atoms with E-state index in [1.165, 1.54) is 6.92 Å². The summed E-state index contributed by atoms with van der Waals surface area (Å²) >= 11 is 0. The second-order valence-electron chi connectivity index (χ2n) is 2.39. The molecule has 6 nitrogen and oxygen atoms in total. The van der Waals surface area contributed by atoms with Gasteiger partial charge >= 0.3 is 11.9 Å². The Kier molecular flexibility index (Phi) is 11.9. The molecule has 15 heavy (non-hydrogen) atoms. The van der Waals surface area contributed by atoms with Crippen LogP contribution in [0.5, 0.6) is 0 Å². The summed E-state index contributed by atoms with van der Waals surface area (Å²) in [5.74, 6) is -1.13. The Morgan fingerprint density at radius 2 is 1.67 bits per heavy atom. The maximum atomic E-state index is 10.3. The molecule has 1 atom stereocenters. The van der Waals surface area contributed by atoms with Crippen LogP contribution in [-0.4, -0.2) is 48.1 Å². The Balaban J connectivity index is 0. The highest BCUT2D eigenvalue weighted by Gasteiger charge is 2.07. The third-order valence-electron chi connectivity index (χ3n) is 1.06. The summed E-state index contributed by atoms with van der Waals surface area (Å²) in [6.07, 6.45) is -0.991. The molecular formula is C9H18O6. The van der Waals surface area contributed by atoms with Gasteiger partial charge in [-0.15, -0.1) is 0 Å². The number of aliphatic hydroxyl groups excluding tert-OH is 2. The molecular weight excluding hydrogens is 204 g/mol. The molecule has 0 saturated carbocycles. The molecule has 0 heterocycles. The maximum absolute atomic E-state index is 10.3. The van der Waals surface area contributed by atoms with Crippen LogP contribution in [0.3, 0.4) is 0 Å². The van der Waals surface area contributed by atoms with Gasteiger partial charge in [0.25, 0.3) is 0 Å². The van der Waals surface area contributed by atoms with Crippen molar-refractivity contribution in [2.45, 2.75) is 26.9 Å². The highest BCUT2D eigenvalue weighted by molar-refractivity contribution is 5.73. The van der Waals surface area contributed by atoms with Crippen molar-refractivity contribution in [3.05, 3.63) is 0 Å². The molecule has 0 spiro atoms. The number of ether oxygens (including phenoxy) is 2. The van der Waals surface area contributed by atoms with Gasteiger partial charge in [-0.25, -0.2) is 9.59 Å². The van der Waals surface area contributed by atoms with Gasteiger partial charge in [-0.3, -0.25) is 0 Å². The number of hydrogen-bond donors (Lipinski definition) is 2. The zero-order chi connectivity index (χ0) is 12.3. The van der Waals surface area contributed by atoms with E-state index in [1.807, 2.05) is 0 Å². The molecule has 6 heteroatoms. The van der Waals surface area contributed by atoms with E-state index in [1.54, 1.807) is 13.8 Å². The van der Waals surface area contributed by atoms with E-state index in [4.69, 9.17) is 10.2 Å². The smallest absolute Gasteiger partial charge is 0.334 e. The van der Waals surface area contributed by atoms with Crippen molar-refractivity contribution in [2.24, 2.45) is 0 Å². The van der Waals surface area contributed by atoms with Crippen molar-refractivity contribution in [1.29, 1.82) is 0 Å². The van der Waals surface area contributed by atoms with Crippen LogP contribution >= 0.6 is 0 Å². The Morgan fingerprint density at radius 1 is 1.20 bits per heavy atom. The van der Waals surface area contributed by atoms with Crippen molar-refractivity contribution in [2.75, 3.05) is 19.8 Å². The molecule has 0 rings (SSSR count). The van der Waals surface area contributed by atoms with E-state index in [0.29, 0.717) is 13.2 Å². The van der Waals surface area contributed by atoms with Crippen LogP contribution in [0.1, 0.15) is 20.8 Å². The van der Waals surface area contributed by atoms with Crippen molar-refractivity contribution >= 4 is 11.9 Å². The monoisotopic (exact) mass is 222 g/mol. The van der Waals surface area contributed by atoms with Crippen LogP contribution in [0.25, 0.3) is 0 Å². The van der Waals surface area contributed by atoms with Gasteiger partial charge < -0.3 is 19.7 Å². The number of carbonyl (C=O) groups is 2. The quantitative estimate of drug-likeness (QED) is 0.621. The summed E-state index contributed by atoms with van der Waals surface area (Å²) in [6, 6.07) is 0. The first kappa shape index (κ1) is 16.3. The third kappa shape index (κ3) is 12.9. The number of carbonyl (C=O) groups excluding carboxylic acids is 2. The van der Waals surface area contributed by atoms with Gasteiger partial charge in [0.05, 0.1) is 13.2 Å². The summed E-state index contributed by atoms with van der Waals surface area (Å²) in [5.41, 5.74) is 0. The Bertz CT molecular complexity index is 177. The molecule has 0 fully saturated rings. The topological polar surface area (TPSA) is 93.1 Å². The SMILES string of the molecule is CCOC(=O)C(C)O.CCOC(=O)CO. The van der Waals surface area contributed by atoms with E-state index < -0.39 is 24.6 Å². The van der Waals surface area contributed by atoms with Crippen molar-refractivity contribution in [3.8, 4) is 0 Å². The minimum atomic E-state index is -0.991. The third-order valence-corrected chi connectivity index (χ3v) is 1.06.